The van der Waals surface area contributed by atoms with Gasteiger partial charge in [0.2, 0.25) is 5.28 Å². The molecule has 0 fully saturated rings. The van der Waals surface area contributed by atoms with Gasteiger partial charge in [-0.1, -0.05) is 43.7 Å². The Morgan fingerprint density at radius 1 is 1.06 bits per heavy atom. The number of aryl methyl sites for hydroxylation is 1. The van der Waals surface area contributed by atoms with Gasteiger partial charge in [-0.25, -0.2) is 22.6 Å². The summed E-state index contributed by atoms with van der Waals surface area (Å²) in [5.74, 6) is -0.565. The van der Waals surface area contributed by atoms with Crippen molar-refractivity contribution in [2.45, 2.75) is 78.3 Å². The summed E-state index contributed by atoms with van der Waals surface area (Å²) in [6.07, 6.45) is -6.93. The van der Waals surface area contributed by atoms with E-state index in [1.165, 1.54) is 26.1 Å². The van der Waals surface area contributed by atoms with E-state index in [4.69, 9.17) is 14.3 Å². The molecule has 14 nitrogen and oxygen atoms in total. The van der Waals surface area contributed by atoms with Crippen LogP contribution in [0.1, 0.15) is 59.2 Å². The average molecular weight is 727 g/mol. The van der Waals surface area contributed by atoms with Crippen LogP contribution in [-0.4, -0.2) is 66.2 Å². The van der Waals surface area contributed by atoms with Gasteiger partial charge in [-0.05, 0) is 70.4 Å². The number of sulfonamides is 1. The number of amides is 1. The molecule has 2 aromatic carbocycles. The third-order valence-electron chi connectivity index (χ3n) is 7.06. The number of carbonyl (C=O) groups excluding carboxylic acids is 2. The molecule has 0 saturated heterocycles. The summed E-state index contributed by atoms with van der Waals surface area (Å²) in [5, 5.41) is 20.8. The summed E-state index contributed by atoms with van der Waals surface area (Å²) in [7, 11) is -3.14. The van der Waals surface area contributed by atoms with Gasteiger partial charge in [0.05, 0.1) is 33.7 Å². The van der Waals surface area contributed by atoms with Crippen LogP contribution < -0.4 is 4.72 Å². The first-order valence-electron chi connectivity index (χ1n) is 15.4. The molecule has 1 aromatic heterocycles. The summed E-state index contributed by atoms with van der Waals surface area (Å²) in [6.45, 7) is 11.4. The lowest BCUT2D eigenvalue weighted by Crippen LogP contribution is -2.43. The maximum absolute atomic E-state index is 13.6. The van der Waals surface area contributed by atoms with Gasteiger partial charge < -0.3 is 14.7 Å². The lowest BCUT2D eigenvalue weighted by atomic mass is 9.97. The average Bonchev–Trinajstić information content (AvgIpc) is 3.47. The van der Waals surface area contributed by atoms with Crippen molar-refractivity contribution in [2.24, 2.45) is 16.6 Å². The maximum atomic E-state index is 13.6. The highest BCUT2D eigenvalue weighted by molar-refractivity contribution is 7.90. The topological polar surface area (TPSA) is 167 Å². The van der Waals surface area contributed by atoms with Gasteiger partial charge in [-0.15, -0.1) is 5.01 Å². The second-order valence-electron chi connectivity index (χ2n) is 12.9. The van der Waals surface area contributed by atoms with Crippen LogP contribution in [0.3, 0.4) is 0 Å². The molecule has 0 spiro atoms. The number of alkyl halides is 3. The highest BCUT2D eigenvalue weighted by Crippen LogP contribution is 2.33. The maximum Gasteiger partial charge on any atom is 0.435 e. The molecule has 0 aliphatic heterocycles. The van der Waals surface area contributed by atoms with Crippen LogP contribution in [0, 0.1) is 23.5 Å². The molecule has 0 radical (unpaired) electrons. The van der Waals surface area contributed by atoms with Crippen molar-refractivity contribution in [3.05, 3.63) is 71.1 Å². The van der Waals surface area contributed by atoms with Crippen molar-refractivity contribution in [1.29, 1.82) is 0 Å². The summed E-state index contributed by atoms with van der Waals surface area (Å²) >= 11 is 0. The molecule has 0 saturated carbocycles. The first-order chi connectivity index (χ1) is 23.1. The Balaban J connectivity index is 1.70. The van der Waals surface area contributed by atoms with Crippen molar-refractivity contribution in [3.8, 4) is 16.9 Å². The zero-order valence-corrected chi connectivity index (χ0v) is 29.7. The molecule has 1 heterocycles. The second-order valence-corrected chi connectivity index (χ2v) is 14.6. The molecule has 274 valence electrons. The lowest BCUT2D eigenvalue weighted by Gasteiger charge is -2.25. The number of nitrogens with one attached hydrogen (secondary N) is 1. The molecule has 0 aliphatic rings. The van der Waals surface area contributed by atoms with Gasteiger partial charge in [0.15, 0.2) is 5.69 Å². The van der Waals surface area contributed by atoms with E-state index in [1.54, 1.807) is 49.8 Å². The van der Waals surface area contributed by atoms with Gasteiger partial charge >= 0.3 is 18.2 Å². The van der Waals surface area contributed by atoms with Crippen LogP contribution in [0.15, 0.2) is 64.8 Å². The predicted molar refractivity (Wildman–Crippen MR) is 174 cm³/mol. The number of aromatic nitrogens is 2. The van der Waals surface area contributed by atoms with E-state index in [-0.39, 0.29) is 27.2 Å². The van der Waals surface area contributed by atoms with Crippen LogP contribution in [0.2, 0.25) is 0 Å². The Kier molecular flexibility index (Phi) is 12.5. The molecule has 3 aromatic rings. The number of hydrazine groups is 1. The van der Waals surface area contributed by atoms with Gasteiger partial charge in [-0.2, -0.15) is 18.3 Å². The molecule has 18 heteroatoms. The van der Waals surface area contributed by atoms with E-state index in [0.29, 0.717) is 12.0 Å². The largest absolute Gasteiger partial charge is 0.569 e. The molecule has 0 bridgehead atoms. The van der Waals surface area contributed by atoms with Crippen molar-refractivity contribution >= 4 is 22.1 Å². The van der Waals surface area contributed by atoms with E-state index in [2.05, 4.69) is 10.4 Å². The number of carbonyl (C=O) groups is 2. The molecule has 1 amide bonds. The molecule has 1 unspecified atom stereocenters. The summed E-state index contributed by atoms with van der Waals surface area (Å²) in [5.41, 5.74) is -0.315. The van der Waals surface area contributed by atoms with Crippen LogP contribution >= 0.6 is 0 Å². The number of hydrogen-bond acceptors (Lipinski definition) is 10. The Labute approximate surface area is 288 Å². The number of nitrogens with zero attached hydrogens (tertiary/aromatic N) is 5. The van der Waals surface area contributed by atoms with Crippen molar-refractivity contribution in [3.63, 3.8) is 0 Å². The van der Waals surface area contributed by atoms with Crippen molar-refractivity contribution in [1.82, 2.24) is 19.5 Å². The van der Waals surface area contributed by atoms with Crippen molar-refractivity contribution < 1.29 is 50.5 Å². The molecule has 1 N–H and O–H groups in total. The van der Waals surface area contributed by atoms with Crippen LogP contribution in [0.25, 0.3) is 16.9 Å². The smallest absolute Gasteiger partial charge is 0.435 e. The van der Waals surface area contributed by atoms with Crippen molar-refractivity contribution in [2.75, 3.05) is 13.7 Å². The molecule has 0 aliphatic carbocycles. The number of esters is 1. The van der Waals surface area contributed by atoms with Crippen LogP contribution in [0.4, 0.5) is 18.0 Å². The monoisotopic (exact) mass is 726 g/mol. The predicted octanol–water partition coefficient (Wildman–Crippen LogP) is 6.37. The molecular weight excluding hydrogens is 685 g/mol. The minimum atomic E-state index is -4.73. The molecule has 2 atom stereocenters. The van der Waals surface area contributed by atoms with E-state index >= 15 is 0 Å². The number of hydrogen-bond donors (Lipinski definition) is 1. The molecule has 3 rings (SSSR count). The normalized spacial score (nSPS) is 13.8. The van der Waals surface area contributed by atoms with E-state index < -0.39 is 58.3 Å². The fourth-order valence-corrected chi connectivity index (χ4v) is 5.20. The van der Waals surface area contributed by atoms with Gasteiger partial charge in [0, 0.05) is 12.5 Å². The van der Waals surface area contributed by atoms with E-state index in [1.807, 2.05) is 20.8 Å². The Bertz CT molecular complexity index is 1770. The van der Waals surface area contributed by atoms with Gasteiger partial charge in [0.25, 0.3) is 16.3 Å². The standard InChI is InChI=1S/C32H41F3N6O8S/c1-20(2)17-25(39(8)41(44)38-49-22(4)48-29(42)31(5,6)7)19-47-30(43)37-50(45,46)26-15-13-24(14-16-26)40-27(18-28(36-40)32(33,34)35)23-11-9-21(3)10-12-23/h9-16,18,20,22,25H,17,19H2,1-8H3,(H,37,43)/t22?,25-/m0/s1. The Morgan fingerprint density at radius 3 is 2.20 bits per heavy atom. The summed E-state index contributed by atoms with van der Waals surface area (Å²) in [6, 6.07) is 11.6. The fourth-order valence-electron chi connectivity index (χ4n) is 4.31. The third-order valence-corrected chi connectivity index (χ3v) is 8.38. The van der Waals surface area contributed by atoms with E-state index in [0.717, 1.165) is 33.5 Å². The van der Waals surface area contributed by atoms with Crippen LogP contribution in [-0.2, 0) is 35.3 Å². The highest BCUT2D eigenvalue weighted by atomic mass is 32.2. The van der Waals surface area contributed by atoms with Gasteiger partial charge in [-0.3, -0.25) is 9.63 Å². The molecular formula is C32H41F3N6O8S. The third kappa shape index (κ3) is 10.8. The van der Waals surface area contributed by atoms with Gasteiger partial charge in [0.1, 0.15) is 12.6 Å². The Hall–Kier alpha value is -4.87. The number of rotatable bonds is 13. The lowest BCUT2D eigenvalue weighted by molar-refractivity contribution is -0.715. The van der Waals surface area contributed by atoms with Crippen LogP contribution in [0.5, 0.6) is 0 Å². The number of halogens is 3. The first-order valence-corrected chi connectivity index (χ1v) is 16.9. The number of ether oxygens (including phenoxy) is 2. The Morgan fingerprint density at radius 2 is 1.66 bits per heavy atom. The summed E-state index contributed by atoms with van der Waals surface area (Å²) in [4.78, 5) is 29.3. The SMILES string of the molecule is Cc1ccc(-c2cc(C(F)(F)F)nn2-c2ccc(S(=O)(=O)NC(=O)OC[C@H](CC(C)C)N(C)[N+]([O-])=NOC(C)OC(=O)C(C)(C)C)cc2)cc1. The zero-order chi connectivity index (χ0) is 37.6. The quantitative estimate of drug-likeness (QED) is 0.0687. The fraction of sp³-hybridized carbons (Fsp3) is 0.469. The minimum Gasteiger partial charge on any atom is -0.569 e. The highest BCUT2D eigenvalue weighted by Gasteiger charge is 2.35. The summed E-state index contributed by atoms with van der Waals surface area (Å²) < 4.78 is 79.7. The minimum absolute atomic E-state index is 0.00543. The zero-order valence-electron chi connectivity index (χ0n) is 28.9. The second kappa shape index (κ2) is 15.8. The number of likely N-dealkylation sites (N-methyl/N-ethyl adjacent to an activating group) is 1. The molecule has 50 heavy (non-hydrogen) atoms. The van der Waals surface area contributed by atoms with E-state index in [9.17, 15) is 36.4 Å². The number of benzene rings is 2. The first kappa shape index (κ1) is 39.6.